The molecule has 4 amide bonds. The Morgan fingerprint density at radius 2 is 2.00 bits per heavy atom. The Hall–Kier alpha value is -2.57. The molecule has 2 N–H and O–H groups in total. The number of benzene rings is 1. The monoisotopic (exact) mass is 398 g/mol. The summed E-state index contributed by atoms with van der Waals surface area (Å²) in [5.74, 6) is -0.0386. The third-order valence-corrected chi connectivity index (χ3v) is 6.80. The summed E-state index contributed by atoms with van der Waals surface area (Å²) < 4.78 is 0. The van der Waals surface area contributed by atoms with Crippen LogP contribution >= 0.6 is 0 Å². The van der Waals surface area contributed by atoms with Crippen molar-refractivity contribution in [1.82, 2.24) is 15.5 Å². The van der Waals surface area contributed by atoms with Gasteiger partial charge in [0.25, 0.3) is 5.91 Å². The molecule has 1 spiro atoms. The standard InChI is InChI=1S/C22H30N4O3/c1-16-7-5-6-11-22(16)20(28)26(21(29)24-22)15-19(27)23-13-17-10-12-25(14-17)18-8-3-2-4-9-18/h2-4,8-9,16-17H,5-7,10-15H2,1H3,(H,23,27)(H,24,29). The van der Waals surface area contributed by atoms with Gasteiger partial charge in [-0.25, -0.2) is 4.79 Å². The molecule has 2 heterocycles. The minimum absolute atomic E-state index is 0.100. The van der Waals surface area contributed by atoms with E-state index in [2.05, 4.69) is 27.7 Å². The molecule has 3 fully saturated rings. The molecule has 2 saturated heterocycles. The predicted octanol–water partition coefficient (Wildman–Crippen LogP) is 2.13. The fourth-order valence-corrected chi connectivity index (χ4v) is 4.97. The van der Waals surface area contributed by atoms with Crippen LogP contribution in [0.4, 0.5) is 10.5 Å². The normalized spacial score (nSPS) is 29.4. The molecule has 3 atom stereocenters. The Morgan fingerprint density at radius 3 is 2.76 bits per heavy atom. The van der Waals surface area contributed by atoms with Crippen LogP contribution in [-0.2, 0) is 9.59 Å². The first-order chi connectivity index (χ1) is 14.0. The van der Waals surface area contributed by atoms with Crippen molar-refractivity contribution < 1.29 is 14.4 Å². The van der Waals surface area contributed by atoms with E-state index in [4.69, 9.17) is 0 Å². The lowest BCUT2D eigenvalue weighted by Gasteiger charge is -2.36. The second-order valence-corrected chi connectivity index (χ2v) is 8.68. The Bertz CT molecular complexity index is 784. The number of carbonyl (C=O) groups is 3. The van der Waals surface area contributed by atoms with Gasteiger partial charge >= 0.3 is 6.03 Å². The highest BCUT2D eigenvalue weighted by Gasteiger charge is 2.55. The van der Waals surface area contributed by atoms with Crippen molar-refractivity contribution in [3.05, 3.63) is 30.3 Å². The van der Waals surface area contributed by atoms with Crippen LogP contribution in [0.15, 0.2) is 30.3 Å². The molecule has 3 aliphatic rings. The molecule has 7 heteroatoms. The number of carbonyl (C=O) groups excluding carboxylic acids is 3. The Kier molecular flexibility index (Phi) is 5.48. The van der Waals surface area contributed by atoms with Gasteiger partial charge in [0.05, 0.1) is 0 Å². The molecule has 1 aromatic rings. The van der Waals surface area contributed by atoms with E-state index in [1.165, 1.54) is 5.69 Å². The molecule has 4 rings (SSSR count). The summed E-state index contributed by atoms with van der Waals surface area (Å²) in [5.41, 5.74) is 0.393. The quantitative estimate of drug-likeness (QED) is 0.745. The maximum absolute atomic E-state index is 13.0. The van der Waals surface area contributed by atoms with Crippen molar-refractivity contribution in [3.8, 4) is 0 Å². The number of rotatable bonds is 5. The van der Waals surface area contributed by atoms with Gasteiger partial charge in [0.1, 0.15) is 12.1 Å². The van der Waals surface area contributed by atoms with E-state index in [1.807, 2.05) is 25.1 Å². The molecule has 1 saturated carbocycles. The molecule has 3 unspecified atom stereocenters. The number of para-hydroxylation sites is 1. The smallest absolute Gasteiger partial charge is 0.325 e. The highest BCUT2D eigenvalue weighted by atomic mass is 16.2. The summed E-state index contributed by atoms with van der Waals surface area (Å²) in [5, 5.41) is 5.82. The van der Waals surface area contributed by atoms with Gasteiger partial charge in [-0.1, -0.05) is 38.0 Å². The van der Waals surface area contributed by atoms with E-state index < -0.39 is 11.6 Å². The first-order valence-electron chi connectivity index (χ1n) is 10.7. The Balaban J connectivity index is 1.28. The molecule has 0 bridgehead atoms. The van der Waals surface area contributed by atoms with Crippen molar-refractivity contribution in [1.29, 1.82) is 0 Å². The van der Waals surface area contributed by atoms with Crippen LogP contribution in [0, 0.1) is 11.8 Å². The Morgan fingerprint density at radius 1 is 1.21 bits per heavy atom. The fraction of sp³-hybridized carbons (Fsp3) is 0.591. The van der Waals surface area contributed by atoms with Crippen molar-refractivity contribution in [2.75, 3.05) is 31.1 Å². The third-order valence-electron chi connectivity index (χ3n) is 6.80. The number of anilines is 1. The van der Waals surface area contributed by atoms with Gasteiger partial charge in [0.15, 0.2) is 0 Å². The second kappa shape index (κ2) is 8.05. The predicted molar refractivity (Wildman–Crippen MR) is 110 cm³/mol. The van der Waals surface area contributed by atoms with Crippen LogP contribution in [-0.4, -0.2) is 54.5 Å². The zero-order valence-electron chi connectivity index (χ0n) is 17.0. The second-order valence-electron chi connectivity index (χ2n) is 8.68. The number of hydrogen-bond donors (Lipinski definition) is 2. The van der Waals surface area contributed by atoms with E-state index in [1.54, 1.807) is 0 Å². The maximum atomic E-state index is 13.0. The van der Waals surface area contributed by atoms with Crippen LogP contribution in [0.1, 0.15) is 39.0 Å². The zero-order valence-corrected chi connectivity index (χ0v) is 17.0. The summed E-state index contributed by atoms with van der Waals surface area (Å²) in [6.45, 7) is 4.24. The van der Waals surface area contributed by atoms with Gasteiger partial charge in [-0.05, 0) is 43.2 Å². The summed E-state index contributed by atoms with van der Waals surface area (Å²) in [4.78, 5) is 41.2. The largest absolute Gasteiger partial charge is 0.371 e. The molecular weight excluding hydrogens is 368 g/mol. The number of hydrogen-bond acceptors (Lipinski definition) is 4. The molecule has 29 heavy (non-hydrogen) atoms. The first-order valence-corrected chi connectivity index (χ1v) is 10.7. The minimum atomic E-state index is -0.808. The zero-order chi connectivity index (χ0) is 20.4. The number of amides is 4. The first kappa shape index (κ1) is 19.7. The summed E-state index contributed by atoms with van der Waals surface area (Å²) in [6, 6.07) is 9.83. The van der Waals surface area contributed by atoms with Crippen LogP contribution in [0.5, 0.6) is 0 Å². The van der Waals surface area contributed by atoms with Crippen molar-refractivity contribution in [2.45, 2.75) is 44.6 Å². The molecule has 1 aromatic carbocycles. The van der Waals surface area contributed by atoms with Gasteiger partial charge in [0, 0.05) is 25.3 Å². The highest BCUT2D eigenvalue weighted by Crippen LogP contribution is 2.38. The molecular formula is C22H30N4O3. The van der Waals surface area contributed by atoms with Crippen molar-refractivity contribution in [3.63, 3.8) is 0 Å². The minimum Gasteiger partial charge on any atom is -0.371 e. The summed E-state index contributed by atoms with van der Waals surface area (Å²) >= 11 is 0. The van der Waals surface area contributed by atoms with Gasteiger partial charge in [-0.15, -0.1) is 0 Å². The van der Waals surface area contributed by atoms with Crippen molar-refractivity contribution >= 4 is 23.5 Å². The molecule has 156 valence electrons. The van der Waals surface area contributed by atoms with E-state index >= 15 is 0 Å². The molecule has 2 aliphatic heterocycles. The average Bonchev–Trinajstić information content (AvgIpc) is 3.29. The SMILES string of the molecule is CC1CCCCC12NC(=O)N(CC(=O)NCC1CCN(c3ccccc3)C1)C2=O. The average molecular weight is 399 g/mol. The molecule has 7 nitrogen and oxygen atoms in total. The summed E-state index contributed by atoms with van der Waals surface area (Å²) in [6.07, 6.45) is 4.60. The van der Waals surface area contributed by atoms with E-state index in [-0.39, 0.29) is 24.3 Å². The van der Waals surface area contributed by atoms with Gasteiger partial charge < -0.3 is 15.5 Å². The number of nitrogens with one attached hydrogen (secondary N) is 2. The van der Waals surface area contributed by atoms with Gasteiger partial charge in [-0.3, -0.25) is 14.5 Å². The van der Waals surface area contributed by atoms with Crippen LogP contribution in [0.25, 0.3) is 0 Å². The lowest BCUT2D eigenvalue weighted by atomic mass is 9.73. The third kappa shape index (κ3) is 3.82. The number of urea groups is 1. The fourth-order valence-electron chi connectivity index (χ4n) is 4.97. The topological polar surface area (TPSA) is 81.8 Å². The lowest BCUT2D eigenvalue weighted by Crippen LogP contribution is -2.54. The van der Waals surface area contributed by atoms with Gasteiger partial charge in [-0.2, -0.15) is 0 Å². The van der Waals surface area contributed by atoms with E-state index in [0.717, 1.165) is 43.7 Å². The number of nitrogens with zero attached hydrogens (tertiary/aromatic N) is 2. The number of imide groups is 1. The molecule has 0 aromatic heterocycles. The van der Waals surface area contributed by atoms with E-state index in [9.17, 15) is 14.4 Å². The summed E-state index contributed by atoms with van der Waals surface area (Å²) in [7, 11) is 0. The Labute approximate surface area is 171 Å². The van der Waals surface area contributed by atoms with Gasteiger partial charge in [0.2, 0.25) is 5.91 Å². The van der Waals surface area contributed by atoms with Crippen LogP contribution in [0.2, 0.25) is 0 Å². The highest BCUT2D eigenvalue weighted by molar-refractivity contribution is 6.09. The molecule has 1 aliphatic carbocycles. The van der Waals surface area contributed by atoms with Crippen LogP contribution < -0.4 is 15.5 Å². The molecule has 0 radical (unpaired) electrons. The maximum Gasteiger partial charge on any atom is 0.325 e. The van der Waals surface area contributed by atoms with Crippen LogP contribution in [0.3, 0.4) is 0 Å². The van der Waals surface area contributed by atoms with E-state index in [0.29, 0.717) is 18.9 Å². The lowest BCUT2D eigenvalue weighted by molar-refractivity contribution is -0.137. The van der Waals surface area contributed by atoms with Crippen molar-refractivity contribution in [2.24, 2.45) is 11.8 Å².